The van der Waals surface area contributed by atoms with Gasteiger partial charge in [0.2, 0.25) is 15.9 Å². The number of aromatic nitrogens is 2. The van der Waals surface area contributed by atoms with Crippen molar-refractivity contribution in [2.75, 3.05) is 18.9 Å². The van der Waals surface area contributed by atoms with Gasteiger partial charge in [-0.05, 0) is 55.0 Å². The van der Waals surface area contributed by atoms with E-state index in [9.17, 15) is 17.6 Å². The van der Waals surface area contributed by atoms with Crippen LogP contribution >= 0.6 is 0 Å². The Balaban J connectivity index is 1.69. The summed E-state index contributed by atoms with van der Waals surface area (Å²) in [5.74, 6) is -0.803. The zero-order chi connectivity index (χ0) is 21.7. The molecule has 0 saturated heterocycles. The molecule has 0 unspecified atom stereocenters. The third kappa shape index (κ3) is 4.89. The number of unbranched alkanes of at least 4 members (excludes halogenated alkanes) is 1. The number of hydrogen-bond donors (Lipinski definition) is 1. The fraction of sp³-hybridized carbons (Fsp3) is 0.250. The Hall–Kier alpha value is -3.11. The standard InChI is InChI=1S/C20H21FN4O4S/c1-3-4-13-25(2)30(27,28)17-11-7-14(8-12-17)18(26)22-20-24-23-19(29-20)15-5-9-16(21)10-6-15/h5-12H,3-4,13H2,1-2H3,(H,22,24,26). The summed E-state index contributed by atoms with van der Waals surface area (Å²) >= 11 is 0. The smallest absolute Gasteiger partial charge is 0.322 e. The molecule has 1 amide bonds. The van der Waals surface area contributed by atoms with E-state index >= 15 is 0 Å². The number of nitrogens with one attached hydrogen (secondary N) is 1. The zero-order valence-electron chi connectivity index (χ0n) is 16.5. The Morgan fingerprint density at radius 1 is 1.10 bits per heavy atom. The maximum Gasteiger partial charge on any atom is 0.322 e. The first kappa shape index (κ1) is 21.6. The van der Waals surface area contributed by atoms with Gasteiger partial charge in [0.25, 0.3) is 5.91 Å². The third-order valence-corrected chi connectivity index (χ3v) is 6.26. The number of carbonyl (C=O) groups is 1. The number of benzene rings is 2. The number of sulfonamides is 1. The van der Waals surface area contributed by atoms with E-state index < -0.39 is 21.7 Å². The Kier molecular flexibility index (Phi) is 6.58. The van der Waals surface area contributed by atoms with Crippen molar-refractivity contribution >= 4 is 21.9 Å². The van der Waals surface area contributed by atoms with Crippen LogP contribution in [-0.4, -0.2) is 42.4 Å². The summed E-state index contributed by atoms with van der Waals surface area (Å²) in [6.45, 7) is 2.41. The lowest BCUT2D eigenvalue weighted by Gasteiger charge is -2.16. The summed E-state index contributed by atoms with van der Waals surface area (Å²) < 4.78 is 44.7. The molecule has 1 N–H and O–H groups in total. The van der Waals surface area contributed by atoms with E-state index in [4.69, 9.17) is 4.42 Å². The Bertz CT molecular complexity index is 1110. The number of rotatable bonds is 8. The van der Waals surface area contributed by atoms with Crippen LogP contribution in [0.1, 0.15) is 30.1 Å². The van der Waals surface area contributed by atoms with Gasteiger partial charge in [-0.2, -0.15) is 0 Å². The molecule has 2 aromatic carbocycles. The summed E-state index contributed by atoms with van der Waals surface area (Å²) in [6, 6.07) is 10.9. The van der Waals surface area contributed by atoms with Crippen molar-refractivity contribution in [1.29, 1.82) is 0 Å². The molecule has 3 aromatic rings. The van der Waals surface area contributed by atoms with Gasteiger partial charge >= 0.3 is 6.01 Å². The molecule has 1 aromatic heterocycles. The quantitative estimate of drug-likeness (QED) is 0.584. The second kappa shape index (κ2) is 9.14. The second-order valence-electron chi connectivity index (χ2n) is 6.58. The summed E-state index contributed by atoms with van der Waals surface area (Å²) in [7, 11) is -2.08. The van der Waals surface area contributed by atoms with E-state index in [2.05, 4.69) is 15.5 Å². The highest BCUT2D eigenvalue weighted by atomic mass is 32.2. The second-order valence-corrected chi connectivity index (χ2v) is 8.62. The number of anilines is 1. The largest absolute Gasteiger partial charge is 0.403 e. The molecule has 0 bridgehead atoms. The molecule has 30 heavy (non-hydrogen) atoms. The molecule has 1 heterocycles. The van der Waals surface area contributed by atoms with Crippen molar-refractivity contribution in [3.05, 3.63) is 59.9 Å². The molecule has 0 radical (unpaired) electrons. The van der Waals surface area contributed by atoms with Crippen LogP contribution in [0.25, 0.3) is 11.5 Å². The molecule has 8 nitrogen and oxygen atoms in total. The van der Waals surface area contributed by atoms with Crippen molar-refractivity contribution in [3.8, 4) is 11.5 Å². The Labute approximate surface area is 173 Å². The van der Waals surface area contributed by atoms with Crippen molar-refractivity contribution in [3.63, 3.8) is 0 Å². The molecule has 0 aliphatic heterocycles. The van der Waals surface area contributed by atoms with Gasteiger partial charge in [-0.1, -0.05) is 18.4 Å². The Morgan fingerprint density at radius 3 is 2.40 bits per heavy atom. The predicted molar refractivity (Wildman–Crippen MR) is 109 cm³/mol. The highest BCUT2D eigenvalue weighted by Crippen LogP contribution is 2.21. The van der Waals surface area contributed by atoms with E-state index in [1.165, 1.54) is 59.9 Å². The van der Waals surface area contributed by atoms with Crippen molar-refractivity contribution < 1.29 is 22.0 Å². The third-order valence-electron chi connectivity index (χ3n) is 4.39. The first-order chi connectivity index (χ1) is 14.3. The minimum Gasteiger partial charge on any atom is -0.403 e. The van der Waals surface area contributed by atoms with Crippen LogP contribution in [0.2, 0.25) is 0 Å². The molecule has 0 spiro atoms. The molecule has 0 saturated carbocycles. The van der Waals surface area contributed by atoms with Gasteiger partial charge in [-0.3, -0.25) is 10.1 Å². The summed E-state index contributed by atoms with van der Waals surface area (Å²) in [5.41, 5.74) is 0.734. The van der Waals surface area contributed by atoms with Crippen LogP contribution in [-0.2, 0) is 10.0 Å². The maximum atomic E-state index is 13.0. The minimum atomic E-state index is -3.61. The number of halogens is 1. The fourth-order valence-corrected chi connectivity index (χ4v) is 3.82. The van der Waals surface area contributed by atoms with Gasteiger partial charge in [0.15, 0.2) is 0 Å². The van der Waals surface area contributed by atoms with Crippen molar-refractivity contribution in [1.82, 2.24) is 14.5 Å². The maximum absolute atomic E-state index is 13.0. The first-order valence-electron chi connectivity index (χ1n) is 9.28. The lowest BCUT2D eigenvalue weighted by atomic mass is 10.2. The zero-order valence-corrected chi connectivity index (χ0v) is 17.3. The van der Waals surface area contributed by atoms with Crippen molar-refractivity contribution in [2.45, 2.75) is 24.7 Å². The van der Waals surface area contributed by atoms with Crippen LogP contribution in [0.5, 0.6) is 0 Å². The van der Waals surface area contributed by atoms with Gasteiger partial charge in [-0.15, -0.1) is 5.10 Å². The lowest BCUT2D eigenvalue weighted by molar-refractivity contribution is 0.102. The number of carbonyl (C=O) groups excluding carboxylic acids is 1. The van der Waals surface area contributed by atoms with Gasteiger partial charge in [0, 0.05) is 24.7 Å². The van der Waals surface area contributed by atoms with Crippen LogP contribution in [0.4, 0.5) is 10.4 Å². The summed E-state index contributed by atoms with van der Waals surface area (Å²) in [5, 5.41) is 10.0. The molecular formula is C20H21FN4O4S. The average molecular weight is 432 g/mol. The topological polar surface area (TPSA) is 105 Å². The predicted octanol–water partition coefficient (Wildman–Crippen LogP) is 3.55. The van der Waals surface area contributed by atoms with Gasteiger partial charge in [-0.25, -0.2) is 17.1 Å². The highest BCUT2D eigenvalue weighted by molar-refractivity contribution is 7.89. The molecule has 0 aliphatic carbocycles. The highest BCUT2D eigenvalue weighted by Gasteiger charge is 2.21. The van der Waals surface area contributed by atoms with Gasteiger partial charge in [0.05, 0.1) is 4.90 Å². The molecule has 0 fully saturated rings. The normalized spacial score (nSPS) is 11.6. The summed E-state index contributed by atoms with van der Waals surface area (Å²) in [6.07, 6.45) is 1.65. The van der Waals surface area contributed by atoms with Crippen LogP contribution < -0.4 is 5.32 Å². The minimum absolute atomic E-state index is 0.106. The van der Waals surface area contributed by atoms with Crippen LogP contribution in [0, 0.1) is 5.82 Å². The number of amides is 1. The number of nitrogens with zero attached hydrogens (tertiary/aromatic N) is 3. The first-order valence-corrected chi connectivity index (χ1v) is 10.7. The van der Waals surface area contributed by atoms with E-state index in [1.54, 1.807) is 0 Å². The van der Waals surface area contributed by atoms with Crippen LogP contribution in [0.3, 0.4) is 0 Å². The lowest BCUT2D eigenvalue weighted by Crippen LogP contribution is -2.28. The molecule has 10 heteroatoms. The van der Waals surface area contributed by atoms with Gasteiger partial charge in [0.1, 0.15) is 5.82 Å². The van der Waals surface area contributed by atoms with Gasteiger partial charge < -0.3 is 4.42 Å². The van der Waals surface area contributed by atoms with E-state index in [1.807, 2.05) is 6.92 Å². The number of hydrogen-bond acceptors (Lipinski definition) is 6. The van der Waals surface area contributed by atoms with E-state index in [-0.39, 0.29) is 22.4 Å². The monoisotopic (exact) mass is 432 g/mol. The van der Waals surface area contributed by atoms with Crippen LogP contribution in [0.15, 0.2) is 57.8 Å². The molecule has 158 valence electrons. The molecule has 3 rings (SSSR count). The SMILES string of the molecule is CCCCN(C)S(=O)(=O)c1ccc(C(=O)Nc2nnc(-c3ccc(F)cc3)o2)cc1. The molecule has 0 aliphatic rings. The van der Waals surface area contributed by atoms with Crippen molar-refractivity contribution in [2.24, 2.45) is 0 Å². The average Bonchev–Trinajstić information content (AvgIpc) is 3.20. The van der Waals surface area contributed by atoms with E-state index in [0.717, 1.165) is 12.8 Å². The molecular weight excluding hydrogens is 411 g/mol. The molecule has 0 atom stereocenters. The Morgan fingerprint density at radius 2 is 1.77 bits per heavy atom. The summed E-state index contributed by atoms with van der Waals surface area (Å²) in [4.78, 5) is 12.5. The van der Waals surface area contributed by atoms with E-state index in [0.29, 0.717) is 12.1 Å². The fourth-order valence-electron chi connectivity index (χ4n) is 2.61.